The second-order valence-electron chi connectivity index (χ2n) is 7.66. The summed E-state index contributed by atoms with van der Waals surface area (Å²) >= 11 is 0. The second-order valence-corrected chi connectivity index (χ2v) is 7.66. The Morgan fingerprint density at radius 1 is 1.29 bits per heavy atom. The molecule has 28 heavy (non-hydrogen) atoms. The molecule has 1 unspecified atom stereocenters. The summed E-state index contributed by atoms with van der Waals surface area (Å²) in [5.41, 5.74) is 0.711. The van der Waals surface area contributed by atoms with Gasteiger partial charge in [-0.2, -0.15) is 0 Å². The zero-order valence-corrected chi connectivity index (χ0v) is 15.5. The minimum Gasteiger partial charge on any atom is -0.340 e. The van der Waals surface area contributed by atoms with Crippen LogP contribution in [0.2, 0.25) is 0 Å². The molecule has 2 saturated heterocycles. The molecule has 0 radical (unpaired) electrons. The fourth-order valence-corrected chi connectivity index (χ4v) is 4.62. The van der Waals surface area contributed by atoms with Gasteiger partial charge in [-0.15, -0.1) is 12.3 Å². The topological polar surface area (TPSA) is 69.7 Å². The molecule has 0 bridgehead atoms. The van der Waals surface area contributed by atoms with E-state index in [0.29, 0.717) is 38.0 Å². The van der Waals surface area contributed by atoms with Gasteiger partial charge in [-0.3, -0.25) is 14.4 Å². The quantitative estimate of drug-likeness (QED) is 0.805. The van der Waals surface area contributed by atoms with E-state index in [2.05, 4.69) is 11.2 Å². The maximum Gasteiger partial charge on any atom is 0.232 e. The van der Waals surface area contributed by atoms with Crippen LogP contribution in [0.5, 0.6) is 0 Å². The van der Waals surface area contributed by atoms with E-state index in [1.54, 1.807) is 21.9 Å². The lowest BCUT2D eigenvalue weighted by atomic mass is 9.96. The number of likely N-dealkylation sites (tertiary alicyclic amines) is 2. The first-order valence-electron chi connectivity index (χ1n) is 9.59. The zero-order chi connectivity index (χ0) is 19.8. The second kappa shape index (κ2) is 7.27. The Labute approximate surface area is 163 Å². The summed E-state index contributed by atoms with van der Waals surface area (Å²) in [7, 11) is 0. The van der Waals surface area contributed by atoms with Crippen LogP contribution in [0, 0.1) is 24.1 Å². The average Bonchev–Trinajstić information content (AvgIpc) is 3.34. The number of carbonyl (C=O) groups excluding carboxylic acids is 3. The molecule has 1 N–H and O–H groups in total. The number of rotatable bonds is 4. The van der Waals surface area contributed by atoms with Crippen molar-refractivity contribution in [1.29, 1.82) is 0 Å². The van der Waals surface area contributed by atoms with Crippen LogP contribution in [0.25, 0.3) is 0 Å². The molecule has 0 aliphatic carbocycles. The number of amides is 3. The van der Waals surface area contributed by atoms with Crippen molar-refractivity contribution in [2.24, 2.45) is 5.92 Å². The van der Waals surface area contributed by atoms with Gasteiger partial charge in [0.2, 0.25) is 17.7 Å². The first kappa shape index (κ1) is 18.5. The van der Waals surface area contributed by atoms with Gasteiger partial charge in [-0.05, 0) is 18.1 Å². The summed E-state index contributed by atoms with van der Waals surface area (Å²) in [5, 5.41) is 2.55. The van der Waals surface area contributed by atoms with Gasteiger partial charge in [0.05, 0.1) is 17.6 Å². The molecule has 3 heterocycles. The molecular weight excluding hydrogens is 361 g/mol. The van der Waals surface area contributed by atoms with E-state index >= 15 is 0 Å². The van der Waals surface area contributed by atoms with Crippen molar-refractivity contribution in [3.05, 3.63) is 29.6 Å². The van der Waals surface area contributed by atoms with Crippen molar-refractivity contribution >= 4 is 23.4 Å². The Balaban J connectivity index is 1.43. The molecule has 2 fully saturated rings. The largest absolute Gasteiger partial charge is 0.340 e. The molecule has 1 aromatic carbocycles. The van der Waals surface area contributed by atoms with Crippen LogP contribution in [0.15, 0.2) is 18.2 Å². The summed E-state index contributed by atoms with van der Waals surface area (Å²) in [6, 6.07) is 4.51. The van der Waals surface area contributed by atoms with Gasteiger partial charge in [-0.1, -0.05) is 12.1 Å². The molecule has 7 heteroatoms. The Bertz CT molecular complexity index is 878. The summed E-state index contributed by atoms with van der Waals surface area (Å²) < 4.78 is 13.9. The summed E-state index contributed by atoms with van der Waals surface area (Å²) in [5.74, 6) is 1.14. The number of nitrogens with zero attached hydrogens (tertiary/aromatic N) is 2. The highest BCUT2D eigenvalue weighted by Gasteiger charge is 2.45. The molecule has 3 aliphatic heterocycles. The van der Waals surface area contributed by atoms with Gasteiger partial charge < -0.3 is 15.1 Å². The van der Waals surface area contributed by atoms with Crippen LogP contribution in [0.1, 0.15) is 37.2 Å². The van der Waals surface area contributed by atoms with E-state index in [1.807, 2.05) is 0 Å². The maximum absolute atomic E-state index is 13.9. The highest BCUT2D eigenvalue weighted by Crippen LogP contribution is 2.38. The smallest absolute Gasteiger partial charge is 0.232 e. The fraction of sp³-hybridized carbons (Fsp3) is 0.476. The number of halogens is 1. The van der Waals surface area contributed by atoms with Crippen molar-refractivity contribution in [2.75, 3.05) is 25.0 Å². The normalized spacial score (nSPS) is 25.3. The van der Waals surface area contributed by atoms with Gasteiger partial charge in [0, 0.05) is 44.8 Å². The van der Waals surface area contributed by atoms with E-state index in [4.69, 9.17) is 6.42 Å². The molecule has 146 valence electrons. The minimum absolute atomic E-state index is 0.0105. The fourth-order valence-electron chi connectivity index (χ4n) is 4.62. The van der Waals surface area contributed by atoms with Gasteiger partial charge in [0.1, 0.15) is 5.82 Å². The van der Waals surface area contributed by atoms with Gasteiger partial charge in [0.15, 0.2) is 0 Å². The van der Waals surface area contributed by atoms with E-state index in [9.17, 15) is 18.8 Å². The standard InChI is InChI=1S/C21H22FN3O3/c1-2-3-7-18(26)24-11-13-8-9-25(17(13)12-24)19(27)10-15-14-5-4-6-16(22)20(14)23-21(15)28/h1,4-6,13,15,17H,3,7-12H2,(H,23,28)/t13-,15?,17+/m1/s1. The van der Waals surface area contributed by atoms with Crippen LogP contribution in [-0.2, 0) is 14.4 Å². The van der Waals surface area contributed by atoms with Gasteiger partial charge >= 0.3 is 0 Å². The number of terminal acetylenes is 1. The summed E-state index contributed by atoms with van der Waals surface area (Å²) in [6.07, 6.45) is 6.83. The highest BCUT2D eigenvalue weighted by atomic mass is 19.1. The molecule has 0 saturated carbocycles. The molecule has 3 atom stereocenters. The molecule has 0 aromatic heterocycles. The third-order valence-corrected chi connectivity index (χ3v) is 6.07. The number of hydrogen-bond donors (Lipinski definition) is 1. The first-order valence-corrected chi connectivity index (χ1v) is 9.59. The SMILES string of the molecule is C#CCCC(=O)N1C[C@H]2CCN(C(=O)CC3C(=O)Nc4c(F)cccc43)[C@H]2C1. The number of anilines is 1. The van der Waals surface area contributed by atoms with E-state index in [1.165, 1.54) is 6.07 Å². The number of hydrogen-bond acceptors (Lipinski definition) is 3. The van der Waals surface area contributed by atoms with Gasteiger partial charge in [-0.25, -0.2) is 4.39 Å². The first-order chi connectivity index (χ1) is 13.5. The highest BCUT2D eigenvalue weighted by molar-refractivity contribution is 6.05. The Kier molecular flexibility index (Phi) is 4.80. The monoisotopic (exact) mass is 383 g/mol. The Hall–Kier alpha value is -2.88. The van der Waals surface area contributed by atoms with Crippen molar-refractivity contribution < 1.29 is 18.8 Å². The average molecular weight is 383 g/mol. The van der Waals surface area contributed by atoms with Crippen molar-refractivity contribution in [2.45, 2.75) is 37.6 Å². The molecule has 1 aromatic rings. The lowest BCUT2D eigenvalue weighted by molar-refractivity contribution is -0.135. The summed E-state index contributed by atoms with van der Waals surface area (Å²) in [4.78, 5) is 41.1. The summed E-state index contributed by atoms with van der Waals surface area (Å²) in [6.45, 7) is 1.79. The van der Waals surface area contributed by atoms with Crippen molar-refractivity contribution in [1.82, 2.24) is 9.80 Å². The van der Waals surface area contributed by atoms with Crippen LogP contribution in [0.4, 0.5) is 10.1 Å². The van der Waals surface area contributed by atoms with E-state index < -0.39 is 11.7 Å². The van der Waals surface area contributed by atoms with Crippen molar-refractivity contribution in [3.63, 3.8) is 0 Å². The third kappa shape index (κ3) is 3.13. The lowest BCUT2D eigenvalue weighted by Crippen LogP contribution is -2.41. The lowest BCUT2D eigenvalue weighted by Gasteiger charge is -2.26. The zero-order valence-electron chi connectivity index (χ0n) is 15.5. The Morgan fingerprint density at radius 3 is 2.89 bits per heavy atom. The number of para-hydroxylation sites is 1. The number of fused-ring (bicyclic) bond motifs is 2. The van der Waals surface area contributed by atoms with Crippen molar-refractivity contribution in [3.8, 4) is 12.3 Å². The molecule has 3 aliphatic rings. The molecular formula is C21H22FN3O3. The number of benzene rings is 1. The number of carbonyl (C=O) groups is 3. The predicted octanol–water partition coefficient (Wildman–Crippen LogP) is 1.72. The molecule has 0 spiro atoms. The van der Waals surface area contributed by atoms with E-state index in [0.717, 1.165) is 6.42 Å². The van der Waals surface area contributed by atoms with E-state index in [-0.39, 0.29) is 41.8 Å². The molecule has 3 amide bonds. The van der Waals surface area contributed by atoms with Crippen LogP contribution < -0.4 is 5.32 Å². The predicted molar refractivity (Wildman–Crippen MR) is 101 cm³/mol. The Morgan fingerprint density at radius 2 is 2.11 bits per heavy atom. The molecule has 4 rings (SSSR count). The number of nitrogens with one attached hydrogen (secondary N) is 1. The third-order valence-electron chi connectivity index (χ3n) is 6.07. The molecule has 6 nitrogen and oxygen atoms in total. The van der Waals surface area contributed by atoms with Crippen LogP contribution in [0.3, 0.4) is 0 Å². The van der Waals surface area contributed by atoms with Crippen LogP contribution >= 0.6 is 0 Å². The van der Waals surface area contributed by atoms with Crippen LogP contribution in [-0.4, -0.2) is 53.2 Å². The maximum atomic E-state index is 13.9. The van der Waals surface area contributed by atoms with Gasteiger partial charge in [0.25, 0.3) is 0 Å². The minimum atomic E-state index is -0.674.